The van der Waals surface area contributed by atoms with Gasteiger partial charge in [-0.3, -0.25) is 4.79 Å². The molecule has 0 aliphatic carbocycles. The van der Waals surface area contributed by atoms with Gasteiger partial charge in [-0.1, -0.05) is 35.0 Å². The number of carbonyl (C=O) groups excluding carboxylic acids is 1. The van der Waals surface area contributed by atoms with Crippen LogP contribution >= 0.6 is 46.3 Å². The zero-order chi connectivity index (χ0) is 15.7. The lowest BCUT2D eigenvalue weighted by Crippen LogP contribution is -2.12. The summed E-state index contributed by atoms with van der Waals surface area (Å²) >= 11 is 15.2. The van der Waals surface area contributed by atoms with Crippen molar-refractivity contribution in [1.82, 2.24) is 4.98 Å². The number of anilines is 1. The molecule has 0 saturated heterocycles. The largest absolute Gasteiger partial charge is 0.322 e. The molecule has 1 amide bonds. The Hall–Kier alpha value is -1.27. The zero-order valence-corrected chi connectivity index (χ0v) is 14.5. The molecule has 2 aromatic carbocycles. The summed E-state index contributed by atoms with van der Waals surface area (Å²) in [5.41, 5.74) is 1.97. The van der Waals surface area contributed by atoms with Crippen LogP contribution in [0.4, 0.5) is 5.69 Å². The molecule has 0 aliphatic rings. The van der Waals surface area contributed by atoms with Crippen molar-refractivity contribution in [2.24, 2.45) is 0 Å². The summed E-state index contributed by atoms with van der Waals surface area (Å²) < 4.78 is 2.02. The number of halogens is 2. The molecule has 0 unspecified atom stereocenters. The molecule has 3 aromatic rings. The first-order valence-electron chi connectivity index (χ1n) is 6.28. The van der Waals surface area contributed by atoms with E-state index in [1.165, 1.54) is 0 Å². The summed E-state index contributed by atoms with van der Waals surface area (Å²) in [5.74, 6) is -0.290. The fourth-order valence-corrected chi connectivity index (χ4v) is 3.84. The minimum absolute atomic E-state index is 0.290. The summed E-state index contributed by atoms with van der Waals surface area (Å²) in [4.78, 5) is 16.8. The van der Waals surface area contributed by atoms with Crippen molar-refractivity contribution in [3.63, 3.8) is 0 Å². The summed E-state index contributed by atoms with van der Waals surface area (Å²) in [6.45, 7) is 0. The number of amides is 1. The molecular weight excluding hydrogens is 359 g/mol. The van der Waals surface area contributed by atoms with Crippen LogP contribution in [0.5, 0.6) is 0 Å². The molecule has 1 aromatic heterocycles. The molecule has 1 N–H and O–H groups in total. The van der Waals surface area contributed by atoms with Crippen LogP contribution in [-0.2, 0) is 0 Å². The van der Waals surface area contributed by atoms with E-state index in [9.17, 15) is 4.79 Å². The number of nitrogens with zero attached hydrogens (tertiary/aromatic N) is 1. The Balaban J connectivity index is 1.88. The Kier molecular flexibility index (Phi) is 4.59. The topological polar surface area (TPSA) is 42.0 Å². The predicted octanol–water partition coefficient (Wildman–Crippen LogP) is 5.58. The molecule has 1 heterocycles. The van der Waals surface area contributed by atoms with Gasteiger partial charge in [-0.25, -0.2) is 4.98 Å². The van der Waals surface area contributed by atoms with Crippen LogP contribution in [0.25, 0.3) is 10.2 Å². The number of hydrogen-bond donors (Lipinski definition) is 1. The lowest BCUT2D eigenvalue weighted by molar-refractivity contribution is 0.102. The van der Waals surface area contributed by atoms with E-state index in [0.717, 1.165) is 14.6 Å². The number of rotatable bonds is 3. The second kappa shape index (κ2) is 6.46. The number of carbonyl (C=O) groups is 1. The Morgan fingerprint density at radius 2 is 2.05 bits per heavy atom. The number of thiazole rings is 1. The molecule has 0 fully saturated rings. The van der Waals surface area contributed by atoms with Crippen molar-refractivity contribution in [3.05, 3.63) is 52.0 Å². The van der Waals surface area contributed by atoms with Crippen molar-refractivity contribution in [3.8, 4) is 0 Å². The maximum Gasteiger partial charge on any atom is 0.257 e. The average molecular weight is 369 g/mol. The quantitative estimate of drug-likeness (QED) is 0.613. The predicted molar refractivity (Wildman–Crippen MR) is 95.8 cm³/mol. The zero-order valence-electron chi connectivity index (χ0n) is 11.4. The summed E-state index contributed by atoms with van der Waals surface area (Å²) in [7, 11) is 0. The summed E-state index contributed by atoms with van der Waals surface area (Å²) in [5, 5.41) is 3.67. The first-order valence-corrected chi connectivity index (χ1v) is 9.07. The third-order valence-electron chi connectivity index (χ3n) is 2.97. The molecule has 112 valence electrons. The molecule has 0 bridgehead atoms. The highest BCUT2D eigenvalue weighted by Gasteiger charge is 2.12. The number of thioether (sulfide) groups is 1. The van der Waals surface area contributed by atoms with Crippen LogP contribution in [-0.4, -0.2) is 17.1 Å². The Morgan fingerprint density at radius 3 is 2.82 bits per heavy atom. The van der Waals surface area contributed by atoms with Gasteiger partial charge in [-0.15, -0.1) is 11.3 Å². The van der Waals surface area contributed by atoms with Crippen molar-refractivity contribution < 1.29 is 4.79 Å². The second-order valence-electron chi connectivity index (χ2n) is 4.44. The van der Waals surface area contributed by atoms with Crippen molar-refractivity contribution in [2.75, 3.05) is 11.6 Å². The monoisotopic (exact) mass is 368 g/mol. The van der Waals surface area contributed by atoms with Crippen LogP contribution in [0.1, 0.15) is 10.4 Å². The van der Waals surface area contributed by atoms with Gasteiger partial charge in [-0.05, 0) is 42.7 Å². The van der Waals surface area contributed by atoms with Gasteiger partial charge in [0.25, 0.3) is 5.91 Å². The first kappa shape index (κ1) is 15.6. The standard InChI is InChI=1S/C15H10Cl2N2OS2/c1-21-15-19-12-5-3-9(7-13(12)22-15)18-14(20)10-6-8(16)2-4-11(10)17/h2-7H,1H3,(H,18,20). The van der Waals surface area contributed by atoms with Crippen LogP contribution < -0.4 is 5.32 Å². The maximum atomic E-state index is 12.3. The van der Waals surface area contributed by atoms with E-state index in [4.69, 9.17) is 23.2 Å². The van der Waals surface area contributed by atoms with Crippen LogP contribution in [0, 0.1) is 0 Å². The first-order chi connectivity index (χ1) is 10.6. The smallest absolute Gasteiger partial charge is 0.257 e. The highest BCUT2D eigenvalue weighted by molar-refractivity contribution is 8.00. The fraction of sp³-hybridized carbons (Fsp3) is 0.0667. The van der Waals surface area contributed by atoms with Gasteiger partial charge in [0.15, 0.2) is 4.34 Å². The number of fused-ring (bicyclic) bond motifs is 1. The fourth-order valence-electron chi connectivity index (χ4n) is 1.94. The van der Waals surface area contributed by atoms with E-state index in [2.05, 4.69) is 10.3 Å². The SMILES string of the molecule is CSc1nc2ccc(NC(=O)c3cc(Cl)ccc3Cl)cc2s1. The van der Waals surface area contributed by atoms with Crippen LogP contribution in [0.3, 0.4) is 0 Å². The molecule has 0 spiro atoms. The Bertz CT molecular complexity index is 864. The molecule has 3 rings (SSSR count). The van der Waals surface area contributed by atoms with Gasteiger partial charge in [0.2, 0.25) is 0 Å². The van der Waals surface area contributed by atoms with Crippen LogP contribution in [0.2, 0.25) is 10.0 Å². The minimum Gasteiger partial charge on any atom is -0.322 e. The normalized spacial score (nSPS) is 10.9. The van der Waals surface area contributed by atoms with Crippen molar-refractivity contribution in [2.45, 2.75) is 4.34 Å². The Labute approximate surface area is 145 Å². The number of hydrogen-bond acceptors (Lipinski definition) is 4. The average Bonchev–Trinajstić information content (AvgIpc) is 2.92. The van der Waals surface area contributed by atoms with Gasteiger partial charge in [-0.2, -0.15) is 0 Å². The molecule has 22 heavy (non-hydrogen) atoms. The highest BCUT2D eigenvalue weighted by atomic mass is 35.5. The van der Waals surface area contributed by atoms with E-state index < -0.39 is 0 Å². The lowest BCUT2D eigenvalue weighted by Gasteiger charge is -2.07. The van der Waals surface area contributed by atoms with E-state index in [1.807, 2.05) is 24.5 Å². The number of nitrogens with one attached hydrogen (secondary N) is 1. The van der Waals surface area contributed by atoms with Gasteiger partial charge < -0.3 is 5.32 Å². The van der Waals surface area contributed by atoms with E-state index in [0.29, 0.717) is 21.3 Å². The highest BCUT2D eigenvalue weighted by Crippen LogP contribution is 2.30. The van der Waals surface area contributed by atoms with Crippen LogP contribution in [0.15, 0.2) is 40.7 Å². The van der Waals surface area contributed by atoms with Gasteiger partial charge in [0.1, 0.15) is 0 Å². The van der Waals surface area contributed by atoms with Gasteiger partial charge in [0.05, 0.1) is 20.8 Å². The van der Waals surface area contributed by atoms with Gasteiger partial charge in [0, 0.05) is 10.7 Å². The lowest BCUT2D eigenvalue weighted by atomic mass is 10.2. The molecule has 0 aliphatic heterocycles. The van der Waals surface area contributed by atoms with Gasteiger partial charge >= 0.3 is 0 Å². The molecule has 0 atom stereocenters. The summed E-state index contributed by atoms with van der Waals surface area (Å²) in [6, 6.07) is 10.4. The maximum absolute atomic E-state index is 12.3. The van der Waals surface area contributed by atoms with Crippen molar-refractivity contribution >= 4 is 68.1 Å². The number of benzene rings is 2. The summed E-state index contributed by atoms with van der Waals surface area (Å²) in [6.07, 6.45) is 1.99. The number of aromatic nitrogens is 1. The molecule has 0 radical (unpaired) electrons. The third-order valence-corrected chi connectivity index (χ3v) is 5.54. The van der Waals surface area contributed by atoms with E-state index >= 15 is 0 Å². The molecule has 7 heteroatoms. The molecular formula is C15H10Cl2N2OS2. The van der Waals surface area contributed by atoms with E-state index in [-0.39, 0.29) is 5.91 Å². The third kappa shape index (κ3) is 3.22. The Morgan fingerprint density at radius 1 is 1.23 bits per heavy atom. The minimum atomic E-state index is -0.290. The van der Waals surface area contributed by atoms with Crippen molar-refractivity contribution in [1.29, 1.82) is 0 Å². The van der Waals surface area contributed by atoms with E-state index in [1.54, 1.807) is 41.3 Å². The molecule has 0 saturated carbocycles. The molecule has 3 nitrogen and oxygen atoms in total. The second-order valence-corrected chi connectivity index (χ2v) is 7.37.